The van der Waals surface area contributed by atoms with E-state index in [4.69, 9.17) is 4.74 Å². The highest BCUT2D eigenvalue weighted by Crippen LogP contribution is 2.20. The van der Waals surface area contributed by atoms with Crippen LogP contribution in [0.5, 0.6) is 0 Å². The fourth-order valence-corrected chi connectivity index (χ4v) is 2.81. The van der Waals surface area contributed by atoms with Gasteiger partial charge in [-0.05, 0) is 23.8 Å². The first-order valence-electron chi connectivity index (χ1n) is 7.43. The number of aromatic nitrogens is 4. The van der Waals surface area contributed by atoms with E-state index >= 15 is 0 Å². The van der Waals surface area contributed by atoms with E-state index in [0.29, 0.717) is 19.6 Å². The van der Waals surface area contributed by atoms with E-state index in [1.807, 2.05) is 24.3 Å². The Morgan fingerprint density at radius 1 is 1.33 bits per heavy atom. The van der Waals surface area contributed by atoms with Crippen LogP contribution < -0.4 is 11.0 Å². The number of benzene rings is 1. The Labute approximate surface area is 143 Å². The van der Waals surface area contributed by atoms with Gasteiger partial charge in [-0.25, -0.2) is 14.8 Å². The molecule has 7 nitrogen and oxygen atoms in total. The van der Waals surface area contributed by atoms with Gasteiger partial charge in [-0.15, -0.1) is 0 Å². The molecule has 0 saturated carbocycles. The lowest BCUT2D eigenvalue weighted by Crippen LogP contribution is -2.21. The summed E-state index contributed by atoms with van der Waals surface area (Å²) in [7, 11) is 1.66. The van der Waals surface area contributed by atoms with Gasteiger partial charge >= 0.3 is 5.69 Å². The van der Waals surface area contributed by atoms with Gasteiger partial charge in [-0.3, -0.25) is 4.57 Å². The lowest BCUT2D eigenvalue weighted by Gasteiger charge is -2.07. The van der Waals surface area contributed by atoms with Crippen molar-refractivity contribution in [3.8, 4) is 0 Å². The maximum absolute atomic E-state index is 11.7. The Kier molecular flexibility index (Phi) is 5.29. The molecule has 24 heavy (non-hydrogen) atoms. The molecule has 0 aliphatic heterocycles. The summed E-state index contributed by atoms with van der Waals surface area (Å²) in [6, 6.07) is 9.58. The third kappa shape index (κ3) is 4.24. The van der Waals surface area contributed by atoms with Crippen molar-refractivity contribution in [1.29, 1.82) is 0 Å². The van der Waals surface area contributed by atoms with Gasteiger partial charge in [0.05, 0.1) is 13.2 Å². The van der Waals surface area contributed by atoms with E-state index in [-0.39, 0.29) is 5.69 Å². The minimum Gasteiger partial charge on any atom is -0.384 e. The molecule has 0 aliphatic rings. The van der Waals surface area contributed by atoms with Crippen molar-refractivity contribution in [1.82, 2.24) is 18.9 Å². The summed E-state index contributed by atoms with van der Waals surface area (Å²) in [4.78, 5) is 19.9. The Bertz CT molecular complexity index is 861. The zero-order chi connectivity index (χ0) is 16.8. The van der Waals surface area contributed by atoms with Gasteiger partial charge in [0.2, 0.25) is 5.13 Å². The Balaban J connectivity index is 1.70. The molecule has 1 aromatic carbocycles. The van der Waals surface area contributed by atoms with Crippen molar-refractivity contribution in [3.05, 3.63) is 64.6 Å². The molecule has 0 radical (unpaired) electrons. The Morgan fingerprint density at radius 2 is 2.25 bits per heavy atom. The van der Waals surface area contributed by atoms with Crippen molar-refractivity contribution in [2.75, 3.05) is 19.0 Å². The summed E-state index contributed by atoms with van der Waals surface area (Å²) in [5.74, 6) is 0.766. The van der Waals surface area contributed by atoms with Crippen LogP contribution >= 0.6 is 11.5 Å². The summed E-state index contributed by atoms with van der Waals surface area (Å²) < 4.78 is 10.9. The average molecular weight is 343 g/mol. The summed E-state index contributed by atoms with van der Waals surface area (Å²) >= 11 is 1.31. The maximum atomic E-state index is 11.7. The molecule has 2 heterocycles. The highest BCUT2D eigenvalue weighted by Gasteiger charge is 2.05. The molecule has 3 rings (SSSR count). The SMILES string of the molecule is COCCc1nsc(Nc2cccc(Cn3cccnc3=O)c2)n1. The number of nitrogens with zero attached hydrogens (tertiary/aromatic N) is 4. The predicted molar refractivity (Wildman–Crippen MR) is 92.8 cm³/mol. The molecule has 124 valence electrons. The van der Waals surface area contributed by atoms with Crippen LogP contribution in [0.4, 0.5) is 10.8 Å². The van der Waals surface area contributed by atoms with Crippen molar-refractivity contribution < 1.29 is 4.74 Å². The molecule has 0 atom stereocenters. The van der Waals surface area contributed by atoms with Gasteiger partial charge in [0.25, 0.3) is 0 Å². The third-order valence-corrected chi connectivity index (χ3v) is 3.98. The molecule has 0 bridgehead atoms. The Hall–Kier alpha value is -2.58. The van der Waals surface area contributed by atoms with E-state index < -0.39 is 0 Å². The first kappa shape index (κ1) is 16.3. The Morgan fingerprint density at radius 3 is 3.08 bits per heavy atom. The quantitative estimate of drug-likeness (QED) is 0.707. The minimum atomic E-state index is -0.261. The van der Waals surface area contributed by atoms with Crippen LogP contribution in [0.3, 0.4) is 0 Å². The molecule has 0 fully saturated rings. The fraction of sp³-hybridized carbons (Fsp3) is 0.250. The summed E-state index contributed by atoms with van der Waals surface area (Å²) in [6.45, 7) is 1.07. The number of methoxy groups -OCH3 is 1. The van der Waals surface area contributed by atoms with E-state index in [9.17, 15) is 4.79 Å². The van der Waals surface area contributed by atoms with E-state index in [2.05, 4.69) is 19.7 Å². The molecule has 0 spiro atoms. The van der Waals surface area contributed by atoms with Gasteiger partial charge in [-0.2, -0.15) is 4.37 Å². The molecular weight excluding hydrogens is 326 g/mol. The second kappa shape index (κ2) is 7.80. The maximum Gasteiger partial charge on any atom is 0.347 e. The predicted octanol–water partition coefficient (Wildman–Crippen LogP) is 2.08. The van der Waals surface area contributed by atoms with Gasteiger partial charge in [0.15, 0.2) is 0 Å². The number of ether oxygens (including phenoxy) is 1. The number of anilines is 2. The largest absolute Gasteiger partial charge is 0.384 e. The van der Waals surface area contributed by atoms with Crippen molar-refractivity contribution in [2.24, 2.45) is 0 Å². The van der Waals surface area contributed by atoms with E-state index in [1.54, 1.807) is 23.9 Å². The lowest BCUT2D eigenvalue weighted by atomic mass is 10.2. The van der Waals surface area contributed by atoms with Crippen LogP contribution in [0.1, 0.15) is 11.4 Å². The molecular formula is C16H17N5O2S. The highest BCUT2D eigenvalue weighted by atomic mass is 32.1. The third-order valence-electron chi connectivity index (χ3n) is 3.31. The summed E-state index contributed by atoms with van der Waals surface area (Å²) in [5.41, 5.74) is 1.64. The summed E-state index contributed by atoms with van der Waals surface area (Å²) in [6.07, 6.45) is 3.91. The van der Waals surface area contributed by atoms with Gasteiger partial charge in [0, 0.05) is 43.1 Å². The van der Waals surface area contributed by atoms with Gasteiger partial charge in [0.1, 0.15) is 5.82 Å². The van der Waals surface area contributed by atoms with Crippen LogP contribution in [-0.2, 0) is 17.7 Å². The number of nitrogens with one attached hydrogen (secondary N) is 1. The van der Waals surface area contributed by atoms with Crippen LogP contribution in [0.15, 0.2) is 47.5 Å². The highest BCUT2D eigenvalue weighted by molar-refractivity contribution is 7.09. The zero-order valence-corrected chi connectivity index (χ0v) is 14.0. The molecule has 1 N–H and O–H groups in total. The summed E-state index contributed by atoms with van der Waals surface area (Å²) in [5, 5.41) is 3.98. The normalized spacial score (nSPS) is 10.7. The zero-order valence-electron chi connectivity index (χ0n) is 13.2. The lowest BCUT2D eigenvalue weighted by molar-refractivity contribution is 0.201. The first-order valence-corrected chi connectivity index (χ1v) is 8.21. The second-order valence-electron chi connectivity index (χ2n) is 5.11. The average Bonchev–Trinajstić information content (AvgIpc) is 3.03. The van der Waals surface area contributed by atoms with Gasteiger partial charge < -0.3 is 10.1 Å². The molecule has 2 aromatic heterocycles. The van der Waals surface area contributed by atoms with Crippen molar-refractivity contribution >= 4 is 22.4 Å². The van der Waals surface area contributed by atoms with Crippen LogP contribution in [-0.4, -0.2) is 32.6 Å². The van der Waals surface area contributed by atoms with Gasteiger partial charge in [-0.1, -0.05) is 12.1 Å². The van der Waals surface area contributed by atoms with E-state index in [1.165, 1.54) is 17.7 Å². The molecule has 8 heteroatoms. The number of hydrogen-bond donors (Lipinski definition) is 1. The molecule has 3 aromatic rings. The first-order chi connectivity index (χ1) is 11.7. The smallest absolute Gasteiger partial charge is 0.347 e. The monoisotopic (exact) mass is 343 g/mol. The molecule has 0 aliphatic carbocycles. The van der Waals surface area contributed by atoms with Crippen molar-refractivity contribution in [2.45, 2.75) is 13.0 Å². The van der Waals surface area contributed by atoms with E-state index in [0.717, 1.165) is 22.2 Å². The second-order valence-corrected chi connectivity index (χ2v) is 5.87. The number of rotatable bonds is 7. The number of hydrogen-bond acceptors (Lipinski definition) is 7. The van der Waals surface area contributed by atoms with Crippen molar-refractivity contribution in [3.63, 3.8) is 0 Å². The molecule has 0 unspecified atom stereocenters. The van der Waals surface area contributed by atoms with Crippen LogP contribution in [0.25, 0.3) is 0 Å². The van der Waals surface area contributed by atoms with Crippen LogP contribution in [0.2, 0.25) is 0 Å². The van der Waals surface area contributed by atoms with Crippen LogP contribution in [0, 0.1) is 0 Å². The standard InChI is InChI=1S/C16H17N5O2S/c1-23-9-6-14-19-15(24-20-14)18-13-5-2-4-12(10-13)11-21-8-3-7-17-16(21)22/h2-5,7-8,10H,6,9,11H2,1H3,(H,18,19,20). The molecule has 0 saturated heterocycles. The minimum absolute atomic E-state index is 0.261. The molecule has 0 amide bonds. The fourth-order valence-electron chi connectivity index (χ4n) is 2.17. The topological polar surface area (TPSA) is 81.9 Å².